The third-order valence-electron chi connectivity index (χ3n) is 5.24. The van der Waals surface area contributed by atoms with Gasteiger partial charge in [0.2, 0.25) is 0 Å². The lowest BCUT2D eigenvalue weighted by Crippen LogP contribution is -2.37. The zero-order chi connectivity index (χ0) is 17.5. The summed E-state index contributed by atoms with van der Waals surface area (Å²) in [6, 6.07) is 8.87. The minimum atomic E-state index is 0.275. The first-order valence-corrected chi connectivity index (χ1v) is 9.93. The molecule has 5 heteroatoms. The van der Waals surface area contributed by atoms with Crippen molar-refractivity contribution in [3.8, 4) is 0 Å². The molecule has 1 aliphatic heterocycles. The van der Waals surface area contributed by atoms with Crippen LogP contribution in [-0.2, 0) is 4.74 Å². The van der Waals surface area contributed by atoms with E-state index in [0.717, 1.165) is 43.2 Å². The number of benzene rings is 1. The maximum atomic E-state index is 5.57. The molecule has 1 unspecified atom stereocenters. The summed E-state index contributed by atoms with van der Waals surface area (Å²) in [5.41, 5.74) is 6.48. The highest BCUT2D eigenvalue weighted by atomic mass is 32.1. The van der Waals surface area contributed by atoms with Crippen LogP contribution in [0, 0.1) is 0 Å². The van der Waals surface area contributed by atoms with E-state index in [1.807, 2.05) is 6.92 Å². The molecule has 1 heterocycles. The van der Waals surface area contributed by atoms with Gasteiger partial charge in [0.25, 0.3) is 0 Å². The third kappa shape index (κ3) is 5.51. The summed E-state index contributed by atoms with van der Waals surface area (Å²) in [7, 11) is 0. The van der Waals surface area contributed by atoms with E-state index in [1.165, 1.54) is 37.7 Å². The fraction of sp³-hybridized carbons (Fsp3) is 0.600. The first-order chi connectivity index (χ1) is 12.2. The van der Waals surface area contributed by atoms with Gasteiger partial charge in [-0.3, -0.25) is 5.43 Å². The van der Waals surface area contributed by atoms with Crippen LogP contribution < -0.4 is 10.7 Å². The van der Waals surface area contributed by atoms with E-state index < -0.39 is 0 Å². The van der Waals surface area contributed by atoms with E-state index in [9.17, 15) is 0 Å². The summed E-state index contributed by atoms with van der Waals surface area (Å²) in [5.74, 6) is 0.743. The third-order valence-corrected chi connectivity index (χ3v) is 5.48. The quantitative estimate of drug-likeness (QED) is 0.472. The van der Waals surface area contributed by atoms with Crippen LogP contribution in [0.15, 0.2) is 29.4 Å². The Bertz CT molecular complexity index is 587. The van der Waals surface area contributed by atoms with Crippen molar-refractivity contribution in [2.45, 2.75) is 63.9 Å². The molecule has 2 N–H and O–H groups in total. The largest absolute Gasteiger partial charge is 0.376 e. The van der Waals surface area contributed by atoms with Crippen molar-refractivity contribution in [2.75, 3.05) is 13.2 Å². The van der Waals surface area contributed by atoms with Crippen LogP contribution in [0.3, 0.4) is 0 Å². The molecule has 136 valence electrons. The van der Waals surface area contributed by atoms with Crippen molar-refractivity contribution in [3.05, 3.63) is 35.4 Å². The molecule has 1 aromatic carbocycles. The number of hydrazone groups is 1. The highest BCUT2D eigenvalue weighted by Gasteiger charge is 2.16. The van der Waals surface area contributed by atoms with Crippen LogP contribution in [0.5, 0.6) is 0 Å². The zero-order valence-electron chi connectivity index (χ0n) is 15.1. The van der Waals surface area contributed by atoms with E-state index in [2.05, 4.69) is 40.1 Å². The summed E-state index contributed by atoms with van der Waals surface area (Å²) < 4.78 is 5.57. The zero-order valence-corrected chi connectivity index (χ0v) is 15.9. The Hall–Kier alpha value is -1.46. The maximum absolute atomic E-state index is 5.57. The highest BCUT2D eigenvalue weighted by Crippen LogP contribution is 2.32. The van der Waals surface area contributed by atoms with Crippen LogP contribution in [-0.4, -0.2) is 30.1 Å². The van der Waals surface area contributed by atoms with E-state index >= 15 is 0 Å². The Morgan fingerprint density at radius 1 is 1.12 bits per heavy atom. The van der Waals surface area contributed by atoms with Crippen LogP contribution in [0.1, 0.15) is 68.9 Å². The van der Waals surface area contributed by atoms with E-state index in [0.29, 0.717) is 5.11 Å². The predicted octanol–water partition coefficient (Wildman–Crippen LogP) is 4.10. The highest BCUT2D eigenvalue weighted by molar-refractivity contribution is 7.80. The molecule has 0 aromatic heterocycles. The van der Waals surface area contributed by atoms with E-state index in [1.54, 1.807) is 0 Å². The minimum absolute atomic E-state index is 0.275. The number of nitrogens with zero attached hydrogens (tertiary/aromatic N) is 1. The molecule has 25 heavy (non-hydrogen) atoms. The fourth-order valence-corrected chi connectivity index (χ4v) is 3.81. The monoisotopic (exact) mass is 359 g/mol. The van der Waals surface area contributed by atoms with Crippen molar-refractivity contribution >= 4 is 23.0 Å². The van der Waals surface area contributed by atoms with Gasteiger partial charge in [-0.25, -0.2) is 0 Å². The molecule has 0 radical (unpaired) electrons. The topological polar surface area (TPSA) is 45.7 Å². The second-order valence-corrected chi connectivity index (χ2v) is 7.52. The van der Waals surface area contributed by atoms with Gasteiger partial charge in [0.15, 0.2) is 5.11 Å². The predicted molar refractivity (Wildman–Crippen MR) is 107 cm³/mol. The van der Waals surface area contributed by atoms with Crippen LogP contribution >= 0.6 is 12.2 Å². The molecule has 0 bridgehead atoms. The molecular weight excluding hydrogens is 330 g/mol. The molecule has 2 fully saturated rings. The van der Waals surface area contributed by atoms with Gasteiger partial charge < -0.3 is 10.1 Å². The van der Waals surface area contributed by atoms with Crippen molar-refractivity contribution in [3.63, 3.8) is 0 Å². The van der Waals surface area contributed by atoms with Crippen LogP contribution in [0.25, 0.3) is 0 Å². The molecule has 0 spiro atoms. The van der Waals surface area contributed by atoms with E-state index in [-0.39, 0.29) is 6.10 Å². The molecule has 1 saturated carbocycles. The number of thiocarbonyl (C=S) groups is 1. The lowest BCUT2D eigenvalue weighted by atomic mass is 9.84. The Balaban J connectivity index is 1.48. The van der Waals surface area contributed by atoms with Gasteiger partial charge in [-0.05, 0) is 61.9 Å². The first-order valence-electron chi connectivity index (χ1n) is 9.52. The Kier molecular flexibility index (Phi) is 6.82. The lowest BCUT2D eigenvalue weighted by Gasteiger charge is -2.22. The summed E-state index contributed by atoms with van der Waals surface area (Å²) in [5, 5.41) is 8.13. The number of rotatable bonds is 5. The van der Waals surface area contributed by atoms with Gasteiger partial charge >= 0.3 is 0 Å². The number of hydrogen-bond donors (Lipinski definition) is 2. The average molecular weight is 360 g/mol. The Morgan fingerprint density at radius 2 is 1.88 bits per heavy atom. The van der Waals surface area contributed by atoms with Crippen molar-refractivity contribution < 1.29 is 4.74 Å². The fourth-order valence-electron chi connectivity index (χ4n) is 3.68. The molecule has 1 atom stereocenters. The summed E-state index contributed by atoms with van der Waals surface area (Å²) in [4.78, 5) is 0. The van der Waals surface area contributed by atoms with Gasteiger partial charge in [-0.15, -0.1) is 0 Å². The maximum Gasteiger partial charge on any atom is 0.187 e. The second-order valence-electron chi connectivity index (χ2n) is 7.11. The second kappa shape index (κ2) is 9.30. The van der Waals surface area contributed by atoms with Crippen molar-refractivity contribution in [2.24, 2.45) is 5.10 Å². The summed E-state index contributed by atoms with van der Waals surface area (Å²) in [6.45, 7) is 3.61. The van der Waals surface area contributed by atoms with Gasteiger partial charge in [0, 0.05) is 13.2 Å². The molecular formula is C20H29N3OS. The Morgan fingerprint density at radius 3 is 2.56 bits per heavy atom. The smallest absolute Gasteiger partial charge is 0.187 e. The van der Waals surface area contributed by atoms with Gasteiger partial charge in [-0.2, -0.15) is 5.10 Å². The normalized spacial score (nSPS) is 22.0. The SMILES string of the molecule is CC(=NNC(=S)NCC1CCCO1)c1ccc(C2CCCCC2)cc1. The summed E-state index contributed by atoms with van der Waals surface area (Å²) >= 11 is 5.28. The molecule has 3 rings (SSSR count). The van der Waals surface area contributed by atoms with Gasteiger partial charge in [-0.1, -0.05) is 43.5 Å². The number of hydrogen-bond acceptors (Lipinski definition) is 3. The van der Waals surface area contributed by atoms with Crippen molar-refractivity contribution in [1.82, 2.24) is 10.7 Å². The van der Waals surface area contributed by atoms with Crippen LogP contribution in [0.2, 0.25) is 0 Å². The average Bonchev–Trinajstić information content (AvgIpc) is 3.19. The van der Waals surface area contributed by atoms with Crippen molar-refractivity contribution in [1.29, 1.82) is 0 Å². The lowest BCUT2D eigenvalue weighted by molar-refractivity contribution is 0.114. The van der Waals surface area contributed by atoms with Gasteiger partial charge in [0.1, 0.15) is 0 Å². The van der Waals surface area contributed by atoms with E-state index in [4.69, 9.17) is 17.0 Å². The first kappa shape index (κ1) is 18.3. The molecule has 1 aromatic rings. The number of nitrogens with one attached hydrogen (secondary N) is 2. The Labute approximate surface area is 156 Å². The molecule has 2 aliphatic rings. The van der Waals surface area contributed by atoms with Gasteiger partial charge in [0.05, 0.1) is 11.8 Å². The standard InChI is InChI=1S/C20H29N3OS/c1-15(22-23-20(25)21-14-19-8-5-13-24-19)16-9-11-18(12-10-16)17-6-3-2-4-7-17/h9-12,17,19H,2-8,13-14H2,1H3,(H2,21,23,25). The van der Waals surface area contributed by atoms with Crippen LogP contribution in [0.4, 0.5) is 0 Å². The molecule has 1 aliphatic carbocycles. The molecule has 1 saturated heterocycles. The molecule has 4 nitrogen and oxygen atoms in total. The molecule has 0 amide bonds. The summed E-state index contributed by atoms with van der Waals surface area (Å²) in [6.07, 6.45) is 9.31. The number of ether oxygens (including phenoxy) is 1. The minimum Gasteiger partial charge on any atom is -0.376 e.